The molecule has 4 nitrogen and oxygen atoms in total. The van der Waals surface area contributed by atoms with E-state index in [1.807, 2.05) is 18.3 Å². The van der Waals surface area contributed by atoms with Crippen molar-refractivity contribution in [1.82, 2.24) is 15.3 Å². The van der Waals surface area contributed by atoms with Crippen molar-refractivity contribution in [3.63, 3.8) is 0 Å². The molecular weight excluding hydrogens is 220 g/mol. The molecule has 0 amide bonds. The molecule has 0 saturated heterocycles. The van der Waals surface area contributed by atoms with Crippen LogP contribution in [0.15, 0.2) is 24.5 Å². The van der Waals surface area contributed by atoms with Crippen molar-refractivity contribution < 1.29 is 0 Å². The van der Waals surface area contributed by atoms with E-state index in [-0.39, 0.29) is 6.17 Å². The molecule has 1 unspecified atom stereocenters. The zero-order valence-electron chi connectivity index (χ0n) is 8.68. The fraction of sp³-hybridized carbons (Fsp3) is 0.273. The van der Waals surface area contributed by atoms with Gasteiger partial charge in [-0.3, -0.25) is 10.3 Å². The van der Waals surface area contributed by atoms with Crippen molar-refractivity contribution in [1.29, 1.82) is 0 Å². The highest BCUT2D eigenvalue weighted by Gasteiger charge is 2.21. The monoisotopic (exact) mass is 232 g/mol. The van der Waals surface area contributed by atoms with Crippen molar-refractivity contribution >= 4 is 11.3 Å². The summed E-state index contributed by atoms with van der Waals surface area (Å²) in [7, 11) is 0. The largest absolute Gasteiger partial charge is 0.311 e. The van der Waals surface area contributed by atoms with Gasteiger partial charge in [-0.15, -0.1) is 11.3 Å². The van der Waals surface area contributed by atoms with E-state index in [4.69, 9.17) is 5.73 Å². The Morgan fingerprint density at radius 1 is 1.50 bits per heavy atom. The Morgan fingerprint density at radius 2 is 2.44 bits per heavy atom. The van der Waals surface area contributed by atoms with E-state index in [1.165, 1.54) is 0 Å². The third-order valence-corrected chi connectivity index (χ3v) is 3.87. The summed E-state index contributed by atoms with van der Waals surface area (Å²) in [6, 6.07) is 3.95. The van der Waals surface area contributed by atoms with Crippen LogP contribution in [-0.2, 0) is 6.42 Å². The van der Waals surface area contributed by atoms with Crippen LogP contribution in [0.5, 0.6) is 0 Å². The maximum atomic E-state index is 5.98. The molecule has 3 N–H and O–H groups in total. The molecule has 1 aliphatic heterocycles. The van der Waals surface area contributed by atoms with Crippen LogP contribution in [0, 0.1) is 0 Å². The van der Waals surface area contributed by atoms with Gasteiger partial charge in [0, 0.05) is 30.9 Å². The Morgan fingerprint density at radius 3 is 3.19 bits per heavy atom. The summed E-state index contributed by atoms with van der Waals surface area (Å²) in [5.41, 5.74) is 8.18. The molecule has 0 radical (unpaired) electrons. The van der Waals surface area contributed by atoms with E-state index in [0.29, 0.717) is 0 Å². The third-order valence-electron chi connectivity index (χ3n) is 2.64. The quantitative estimate of drug-likeness (QED) is 0.778. The van der Waals surface area contributed by atoms with Crippen molar-refractivity contribution in [3.05, 3.63) is 35.1 Å². The highest BCUT2D eigenvalue weighted by Crippen LogP contribution is 2.31. The molecular formula is C11H12N4S. The molecule has 0 spiro atoms. The number of nitrogens with zero attached hydrogens (tertiary/aromatic N) is 2. The molecule has 5 heteroatoms. The number of pyridine rings is 1. The predicted molar refractivity (Wildman–Crippen MR) is 64.0 cm³/mol. The average molecular weight is 232 g/mol. The van der Waals surface area contributed by atoms with Gasteiger partial charge < -0.3 is 5.73 Å². The van der Waals surface area contributed by atoms with Crippen LogP contribution in [0.2, 0.25) is 0 Å². The zero-order valence-corrected chi connectivity index (χ0v) is 9.50. The lowest BCUT2D eigenvalue weighted by atomic mass is 10.2. The second-order valence-corrected chi connectivity index (χ2v) is 4.78. The number of fused-ring (bicyclic) bond motifs is 1. The van der Waals surface area contributed by atoms with Crippen molar-refractivity contribution in [2.45, 2.75) is 12.6 Å². The maximum absolute atomic E-state index is 5.98. The molecule has 2 aromatic heterocycles. The predicted octanol–water partition coefficient (Wildman–Crippen LogP) is 1.31. The summed E-state index contributed by atoms with van der Waals surface area (Å²) in [6.45, 7) is 0.907. The Hall–Kier alpha value is -1.30. The number of hydrogen-bond donors (Lipinski definition) is 2. The molecule has 16 heavy (non-hydrogen) atoms. The number of nitrogens with two attached hydrogens (primary N) is 1. The van der Waals surface area contributed by atoms with E-state index in [9.17, 15) is 0 Å². The molecule has 1 aliphatic rings. The van der Waals surface area contributed by atoms with Crippen LogP contribution in [0.4, 0.5) is 0 Å². The van der Waals surface area contributed by atoms with Gasteiger partial charge in [-0.05, 0) is 12.1 Å². The molecule has 82 valence electrons. The minimum atomic E-state index is -0.0633. The lowest BCUT2D eigenvalue weighted by molar-refractivity contribution is 0.525. The summed E-state index contributed by atoms with van der Waals surface area (Å²) in [5, 5.41) is 4.25. The van der Waals surface area contributed by atoms with E-state index < -0.39 is 0 Å². The van der Waals surface area contributed by atoms with E-state index in [1.54, 1.807) is 17.5 Å². The molecule has 0 aliphatic carbocycles. The number of thiazole rings is 1. The fourth-order valence-electron chi connectivity index (χ4n) is 1.84. The molecule has 3 rings (SSSR count). The summed E-state index contributed by atoms with van der Waals surface area (Å²) in [5.74, 6) is 0. The average Bonchev–Trinajstić information content (AvgIpc) is 2.76. The lowest BCUT2D eigenvalue weighted by Crippen LogP contribution is -2.34. The number of rotatable bonds is 1. The fourth-order valence-corrected chi connectivity index (χ4v) is 2.92. The van der Waals surface area contributed by atoms with Crippen LogP contribution < -0.4 is 11.1 Å². The Bertz CT molecular complexity index is 494. The van der Waals surface area contributed by atoms with Gasteiger partial charge >= 0.3 is 0 Å². The Kier molecular flexibility index (Phi) is 2.43. The minimum Gasteiger partial charge on any atom is -0.311 e. The van der Waals surface area contributed by atoms with Crippen LogP contribution in [0.1, 0.15) is 16.7 Å². The highest BCUT2D eigenvalue weighted by atomic mass is 32.1. The van der Waals surface area contributed by atoms with E-state index >= 15 is 0 Å². The van der Waals surface area contributed by atoms with Crippen molar-refractivity contribution in [2.24, 2.45) is 5.73 Å². The molecule has 0 fully saturated rings. The van der Waals surface area contributed by atoms with Crippen molar-refractivity contribution in [2.75, 3.05) is 6.54 Å². The first-order valence-electron chi connectivity index (χ1n) is 5.23. The standard InChI is InChI=1S/C11H12N4S/c12-10-9-8(3-5-14-10)15-11(16-9)7-2-1-4-13-6-7/h1-2,4,6,10,14H,3,5,12H2. The molecule has 3 heterocycles. The van der Waals surface area contributed by atoms with Gasteiger partial charge in [-0.2, -0.15) is 0 Å². The first-order chi connectivity index (χ1) is 7.84. The van der Waals surface area contributed by atoms with Crippen LogP contribution in [0.25, 0.3) is 10.6 Å². The first-order valence-corrected chi connectivity index (χ1v) is 6.05. The lowest BCUT2D eigenvalue weighted by Gasteiger charge is -2.18. The topological polar surface area (TPSA) is 63.8 Å². The summed E-state index contributed by atoms with van der Waals surface area (Å²) >= 11 is 1.66. The van der Waals surface area contributed by atoms with Gasteiger partial charge in [0.15, 0.2) is 0 Å². The Balaban J connectivity index is 2.05. The number of nitrogens with one attached hydrogen (secondary N) is 1. The summed E-state index contributed by atoms with van der Waals surface area (Å²) < 4.78 is 0. The van der Waals surface area contributed by atoms with E-state index in [0.717, 1.165) is 34.1 Å². The van der Waals surface area contributed by atoms with Gasteiger partial charge in [-0.1, -0.05) is 0 Å². The molecule has 2 aromatic rings. The maximum Gasteiger partial charge on any atom is 0.125 e. The van der Waals surface area contributed by atoms with Gasteiger partial charge in [0.1, 0.15) is 5.01 Å². The van der Waals surface area contributed by atoms with Crippen LogP contribution in [0.3, 0.4) is 0 Å². The second kappa shape index (κ2) is 3.93. The molecule has 1 atom stereocenters. The Labute approximate surface area is 97.5 Å². The van der Waals surface area contributed by atoms with Gasteiger partial charge in [0.05, 0.1) is 16.7 Å². The van der Waals surface area contributed by atoms with Crippen LogP contribution in [-0.4, -0.2) is 16.5 Å². The van der Waals surface area contributed by atoms with Gasteiger partial charge in [0.25, 0.3) is 0 Å². The van der Waals surface area contributed by atoms with Gasteiger partial charge in [0.2, 0.25) is 0 Å². The number of aromatic nitrogens is 2. The minimum absolute atomic E-state index is 0.0633. The summed E-state index contributed by atoms with van der Waals surface area (Å²) in [6.07, 6.45) is 4.50. The smallest absolute Gasteiger partial charge is 0.125 e. The first kappa shape index (κ1) is 9.89. The second-order valence-electron chi connectivity index (χ2n) is 3.75. The van der Waals surface area contributed by atoms with Crippen molar-refractivity contribution in [3.8, 4) is 10.6 Å². The SMILES string of the molecule is NC1NCCc2nc(-c3cccnc3)sc21. The third kappa shape index (κ3) is 1.63. The van der Waals surface area contributed by atoms with Gasteiger partial charge in [-0.25, -0.2) is 4.98 Å². The summed E-state index contributed by atoms with van der Waals surface area (Å²) in [4.78, 5) is 9.89. The zero-order chi connectivity index (χ0) is 11.0. The normalized spacial score (nSPS) is 19.4. The molecule has 0 saturated carbocycles. The van der Waals surface area contributed by atoms with E-state index in [2.05, 4.69) is 15.3 Å². The number of hydrogen-bond acceptors (Lipinski definition) is 5. The highest BCUT2D eigenvalue weighted by molar-refractivity contribution is 7.15. The molecule has 0 aromatic carbocycles. The van der Waals surface area contributed by atoms with Crippen LogP contribution >= 0.6 is 11.3 Å². The molecule has 0 bridgehead atoms.